The Morgan fingerprint density at radius 2 is 1.84 bits per heavy atom. The van der Waals surface area contributed by atoms with Crippen LogP contribution in [0.25, 0.3) is 22.0 Å². The number of halogens is 1. The molecule has 0 saturated carbocycles. The molecule has 1 heterocycles. The van der Waals surface area contributed by atoms with E-state index in [9.17, 15) is 4.39 Å². The third-order valence-electron chi connectivity index (χ3n) is 4.74. The highest BCUT2D eigenvalue weighted by molar-refractivity contribution is 7.80. The average molecular weight is 433 g/mol. The summed E-state index contributed by atoms with van der Waals surface area (Å²) < 4.78 is 19.5. The minimum Gasteiger partial charge on any atom is -0.493 e. The molecule has 0 bridgehead atoms. The van der Waals surface area contributed by atoms with Crippen LogP contribution in [-0.4, -0.2) is 11.6 Å². The zero-order valence-corrected chi connectivity index (χ0v) is 17.8. The molecule has 0 aliphatic carbocycles. The molecule has 0 saturated heterocycles. The molecule has 0 radical (unpaired) electrons. The van der Waals surface area contributed by atoms with Crippen molar-refractivity contribution in [3.05, 3.63) is 72.7 Å². The quantitative estimate of drug-likeness (QED) is 0.194. The number of nitrogens with zero attached hydrogens (tertiary/aromatic N) is 3. The number of anilines is 1. The Kier molecular flexibility index (Phi) is 6.13. The molecular weight excluding hydrogens is 411 g/mol. The van der Waals surface area contributed by atoms with Gasteiger partial charge in [0.2, 0.25) is 0 Å². The zero-order chi connectivity index (χ0) is 21.8. The molecule has 0 aliphatic heterocycles. The van der Waals surface area contributed by atoms with E-state index in [2.05, 4.69) is 27.8 Å². The van der Waals surface area contributed by atoms with Crippen LogP contribution in [0.15, 0.2) is 82.0 Å². The summed E-state index contributed by atoms with van der Waals surface area (Å²) in [6.07, 6.45) is 2.43. The van der Waals surface area contributed by atoms with E-state index in [1.165, 1.54) is 12.1 Å². The number of aromatic nitrogens is 1. The number of nitrogens with two attached hydrogens (primary N) is 1. The van der Waals surface area contributed by atoms with Crippen LogP contribution in [0.5, 0.6) is 5.75 Å². The lowest BCUT2D eigenvalue weighted by Crippen LogP contribution is -1.98. The van der Waals surface area contributed by atoms with Crippen molar-refractivity contribution in [3.8, 4) is 17.0 Å². The van der Waals surface area contributed by atoms with Crippen LogP contribution in [0.2, 0.25) is 0 Å². The molecule has 7 heteroatoms. The molecule has 0 spiro atoms. The number of benzene rings is 3. The summed E-state index contributed by atoms with van der Waals surface area (Å²) in [7, 11) is 0. The summed E-state index contributed by atoms with van der Waals surface area (Å²) in [6, 6.07) is 17.5. The van der Waals surface area contributed by atoms with Crippen molar-refractivity contribution in [3.63, 3.8) is 0 Å². The molecule has 31 heavy (non-hydrogen) atoms. The number of hydrogen-bond acceptors (Lipinski definition) is 6. The van der Waals surface area contributed by atoms with Crippen LogP contribution >= 0.6 is 12.6 Å². The predicted molar refractivity (Wildman–Crippen MR) is 125 cm³/mol. The largest absolute Gasteiger partial charge is 0.493 e. The van der Waals surface area contributed by atoms with Crippen molar-refractivity contribution in [1.29, 1.82) is 0 Å². The Balaban J connectivity index is 1.62. The van der Waals surface area contributed by atoms with E-state index in [-0.39, 0.29) is 5.82 Å². The van der Waals surface area contributed by atoms with Gasteiger partial charge >= 0.3 is 0 Å². The lowest BCUT2D eigenvalue weighted by atomic mass is 10.1. The first-order chi connectivity index (χ1) is 15.1. The van der Waals surface area contributed by atoms with Gasteiger partial charge in [0.25, 0.3) is 0 Å². The Morgan fingerprint density at radius 3 is 2.58 bits per heavy atom. The number of rotatable bonds is 6. The molecule has 4 aromatic rings. The van der Waals surface area contributed by atoms with Gasteiger partial charge in [-0.2, -0.15) is 0 Å². The second-order valence-electron chi connectivity index (χ2n) is 6.96. The summed E-state index contributed by atoms with van der Waals surface area (Å²) in [5.41, 5.74) is 9.08. The van der Waals surface area contributed by atoms with Crippen LogP contribution in [0.3, 0.4) is 0 Å². The first kappa shape index (κ1) is 20.8. The van der Waals surface area contributed by atoms with Gasteiger partial charge in [-0.15, -0.1) is 22.9 Å². The van der Waals surface area contributed by atoms with Crippen LogP contribution < -0.4 is 10.5 Å². The first-order valence-corrected chi connectivity index (χ1v) is 10.3. The number of fused-ring (bicyclic) bond motifs is 1. The predicted octanol–water partition coefficient (Wildman–Crippen LogP) is 7.12. The summed E-state index contributed by atoms with van der Waals surface area (Å²) >= 11 is 4.53. The summed E-state index contributed by atoms with van der Waals surface area (Å²) in [5.74, 6) is 0.245. The maximum atomic E-state index is 13.8. The maximum Gasteiger partial charge on any atom is 0.128 e. The summed E-state index contributed by atoms with van der Waals surface area (Å²) in [4.78, 5) is 5.19. The Bertz CT molecular complexity index is 1260. The smallest absolute Gasteiger partial charge is 0.128 e. The fraction of sp³-hybridized carbons (Fsp3) is 0.125. The average Bonchev–Trinajstić information content (AvgIpc) is 2.80. The highest BCUT2D eigenvalue weighted by Crippen LogP contribution is 2.36. The van der Waals surface area contributed by atoms with E-state index >= 15 is 0 Å². The van der Waals surface area contributed by atoms with Crippen molar-refractivity contribution >= 4 is 40.5 Å². The Morgan fingerprint density at radius 1 is 1.03 bits per heavy atom. The van der Waals surface area contributed by atoms with E-state index in [1.807, 2.05) is 31.2 Å². The third kappa shape index (κ3) is 4.51. The molecule has 0 unspecified atom stereocenters. The normalized spacial score (nSPS) is 11.3. The Labute approximate surface area is 185 Å². The van der Waals surface area contributed by atoms with Gasteiger partial charge in [0.15, 0.2) is 0 Å². The van der Waals surface area contributed by atoms with E-state index in [0.29, 0.717) is 40.7 Å². The lowest BCUT2D eigenvalue weighted by molar-refractivity contribution is 0.318. The van der Waals surface area contributed by atoms with Gasteiger partial charge < -0.3 is 10.5 Å². The van der Waals surface area contributed by atoms with Gasteiger partial charge in [-0.25, -0.2) is 4.39 Å². The fourth-order valence-electron chi connectivity index (χ4n) is 3.20. The Hall–Kier alpha value is -3.45. The molecule has 3 aromatic carbocycles. The topological polar surface area (TPSA) is 72.9 Å². The first-order valence-electron chi connectivity index (χ1n) is 9.87. The van der Waals surface area contributed by atoms with Crippen molar-refractivity contribution < 1.29 is 9.13 Å². The molecule has 0 fully saturated rings. The van der Waals surface area contributed by atoms with Gasteiger partial charge in [-0.05, 0) is 48.2 Å². The number of nitrogen functional groups attached to an aromatic ring is 1. The second-order valence-corrected chi connectivity index (χ2v) is 7.45. The molecule has 5 nitrogen and oxygen atoms in total. The van der Waals surface area contributed by atoms with Crippen molar-refractivity contribution in [1.82, 2.24) is 4.98 Å². The molecule has 1 aromatic heterocycles. The van der Waals surface area contributed by atoms with Gasteiger partial charge in [-0.3, -0.25) is 4.98 Å². The fourth-order valence-corrected chi connectivity index (χ4v) is 3.52. The minimum atomic E-state index is -0.348. The monoisotopic (exact) mass is 432 g/mol. The van der Waals surface area contributed by atoms with Crippen molar-refractivity contribution in [2.45, 2.75) is 18.2 Å². The van der Waals surface area contributed by atoms with Gasteiger partial charge in [0.05, 0.1) is 24.2 Å². The third-order valence-corrected chi connectivity index (χ3v) is 5.11. The number of ether oxygens (including phenoxy) is 1. The minimum absolute atomic E-state index is 0.348. The van der Waals surface area contributed by atoms with Gasteiger partial charge in [-0.1, -0.05) is 31.2 Å². The lowest BCUT2D eigenvalue weighted by Gasteiger charge is -2.10. The van der Waals surface area contributed by atoms with Crippen LogP contribution in [0, 0.1) is 5.82 Å². The van der Waals surface area contributed by atoms with Crippen LogP contribution in [-0.2, 0) is 0 Å². The number of pyridine rings is 1. The molecule has 0 aliphatic rings. The van der Waals surface area contributed by atoms with E-state index < -0.39 is 0 Å². The molecule has 0 atom stereocenters. The second kappa shape index (κ2) is 9.14. The highest BCUT2D eigenvalue weighted by Gasteiger charge is 2.10. The standard InChI is InChI=1S/C24H21FN4OS/c1-2-11-30-22-10-7-15(25)12-19(22)20-9-8-16(14-27-20)28-29-21-13-23(31)17-5-3-4-6-18(17)24(21)26/h3-10,12-14,31H,2,11,26H2,1H3. The zero-order valence-electron chi connectivity index (χ0n) is 16.9. The summed E-state index contributed by atoms with van der Waals surface area (Å²) in [5, 5.41) is 10.4. The highest BCUT2D eigenvalue weighted by atomic mass is 32.1. The number of hydrogen-bond donors (Lipinski definition) is 2. The summed E-state index contributed by atoms with van der Waals surface area (Å²) in [6.45, 7) is 2.56. The molecular formula is C24H21FN4OS. The maximum absolute atomic E-state index is 13.8. The van der Waals surface area contributed by atoms with Crippen LogP contribution in [0.4, 0.5) is 21.5 Å². The van der Waals surface area contributed by atoms with Gasteiger partial charge in [0, 0.05) is 15.8 Å². The molecule has 4 rings (SSSR count). The molecule has 156 valence electrons. The van der Waals surface area contributed by atoms with E-state index in [1.54, 1.807) is 30.5 Å². The van der Waals surface area contributed by atoms with Gasteiger partial charge in [0.1, 0.15) is 22.9 Å². The number of thiol groups is 1. The van der Waals surface area contributed by atoms with Crippen LogP contribution in [0.1, 0.15) is 13.3 Å². The van der Waals surface area contributed by atoms with E-state index in [0.717, 1.165) is 22.1 Å². The van der Waals surface area contributed by atoms with E-state index in [4.69, 9.17) is 10.5 Å². The van der Waals surface area contributed by atoms with Crippen molar-refractivity contribution in [2.24, 2.45) is 10.2 Å². The van der Waals surface area contributed by atoms with Crippen molar-refractivity contribution in [2.75, 3.05) is 12.3 Å². The molecule has 0 amide bonds. The number of azo groups is 1. The SMILES string of the molecule is CCCOc1ccc(F)cc1-c1ccc(N=Nc2cc(S)c3ccccc3c2N)cn1. The molecule has 2 N–H and O–H groups in total.